The minimum Gasteiger partial charge on any atom is -0.488 e. The van der Waals surface area contributed by atoms with Gasteiger partial charge in [0.15, 0.2) is 0 Å². The van der Waals surface area contributed by atoms with Gasteiger partial charge in [0, 0.05) is 19.0 Å². The Bertz CT molecular complexity index is 530. The van der Waals surface area contributed by atoms with Gasteiger partial charge in [-0.15, -0.1) is 0 Å². The first-order chi connectivity index (χ1) is 10.5. The first-order valence-corrected chi connectivity index (χ1v) is 9.31. The lowest BCUT2D eigenvalue weighted by atomic mass is 10.2. The predicted molar refractivity (Wildman–Crippen MR) is 93.0 cm³/mol. The Kier molecular flexibility index (Phi) is 6.68. The Morgan fingerprint density at radius 2 is 2.27 bits per heavy atom. The fraction of sp³-hybridized carbons (Fsp3) is 0.533. The maximum Gasteiger partial charge on any atom is 0.239 e. The molecule has 0 aliphatic carbocycles. The third-order valence-corrected chi connectivity index (χ3v) is 4.98. The van der Waals surface area contributed by atoms with Crippen LogP contribution in [-0.4, -0.2) is 48.1 Å². The molecule has 1 fully saturated rings. The summed E-state index contributed by atoms with van der Waals surface area (Å²) in [5, 5.41) is 0.959. The molecule has 0 spiro atoms. The minimum atomic E-state index is -0.420. The molecule has 2 atom stereocenters. The van der Waals surface area contributed by atoms with Crippen LogP contribution in [0.1, 0.15) is 12.8 Å². The van der Waals surface area contributed by atoms with E-state index in [1.54, 1.807) is 34.9 Å². The number of benzene rings is 1. The lowest BCUT2D eigenvalue weighted by molar-refractivity contribution is -0.131. The van der Waals surface area contributed by atoms with Crippen molar-refractivity contribution < 1.29 is 9.53 Å². The van der Waals surface area contributed by atoms with Crippen LogP contribution < -0.4 is 10.5 Å². The van der Waals surface area contributed by atoms with E-state index in [9.17, 15) is 4.79 Å². The lowest BCUT2D eigenvalue weighted by Gasteiger charge is -2.21. The number of nitrogens with two attached hydrogens (primary N) is 1. The summed E-state index contributed by atoms with van der Waals surface area (Å²) in [4.78, 5) is 14.0. The summed E-state index contributed by atoms with van der Waals surface area (Å²) in [7, 11) is 0. The van der Waals surface area contributed by atoms with Crippen LogP contribution in [0.15, 0.2) is 18.2 Å². The molecule has 7 heteroatoms. The standard InChI is InChI=1S/C15H20Cl2N2O2S/c1-22-7-5-14(18)15(20)19-6-4-11(9-19)21-10-2-3-12(16)13(17)8-10/h2-3,8,11,14H,4-7,9,18H2,1H3/t11?,14-/m0/s1. The number of rotatable bonds is 6. The van der Waals surface area contributed by atoms with Crippen molar-refractivity contribution in [3.8, 4) is 5.75 Å². The molecule has 1 aliphatic heterocycles. The molecule has 0 bridgehead atoms. The van der Waals surface area contributed by atoms with E-state index in [1.807, 2.05) is 6.26 Å². The summed E-state index contributed by atoms with van der Waals surface area (Å²) in [5.41, 5.74) is 5.94. The van der Waals surface area contributed by atoms with Gasteiger partial charge < -0.3 is 15.4 Å². The van der Waals surface area contributed by atoms with E-state index in [0.717, 1.165) is 12.2 Å². The van der Waals surface area contributed by atoms with E-state index in [0.29, 0.717) is 35.3 Å². The topological polar surface area (TPSA) is 55.6 Å². The van der Waals surface area contributed by atoms with Gasteiger partial charge in [-0.3, -0.25) is 4.79 Å². The molecule has 0 radical (unpaired) electrons. The number of likely N-dealkylation sites (tertiary alicyclic amines) is 1. The zero-order valence-electron chi connectivity index (χ0n) is 12.4. The second-order valence-electron chi connectivity index (χ2n) is 5.28. The van der Waals surface area contributed by atoms with Crippen LogP contribution in [0.2, 0.25) is 10.0 Å². The Balaban J connectivity index is 1.86. The minimum absolute atomic E-state index is 0.00860. The van der Waals surface area contributed by atoms with Crippen molar-refractivity contribution in [2.45, 2.75) is 25.0 Å². The number of ether oxygens (including phenoxy) is 1. The van der Waals surface area contributed by atoms with Crippen LogP contribution in [0.3, 0.4) is 0 Å². The van der Waals surface area contributed by atoms with Crippen LogP contribution in [0.4, 0.5) is 0 Å². The molecule has 1 unspecified atom stereocenters. The van der Waals surface area contributed by atoms with Crippen molar-refractivity contribution in [1.29, 1.82) is 0 Å². The van der Waals surface area contributed by atoms with E-state index in [1.165, 1.54) is 0 Å². The van der Waals surface area contributed by atoms with Crippen molar-refractivity contribution in [1.82, 2.24) is 4.90 Å². The predicted octanol–water partition coefficient (Wildman–Crippen LogP) is 3.05. The highest BCUT2D eigenvalue weighted by molar-refractivity contribution is 7.98. The van der Waals surface area contributed by atoms with Gasteiger partial charge in [-0.25, -0.2) is 0 Å². The third kappa shape index (κ3) is 4.69. The molecule has 22 heavy (non-hydrogen) atoms. The highest BCUT2D eigenvalue weighted by Crippen LogP contribution is 2.28. The molecular formula is C15H20Cl2N2O2S. The van der Waals surface area contributed by atoms with Crippen molar-refractivity contribution in [2.24, 2.45) is 5.73 Å². The second-order valence-corrected chi connectivity index (χ2v) is 7.08. The van der Waals surface area contributed by atoms with Crippen molar-refractivity contribution in [3.63, 3.8) is 0 Å². The molecule has 1 saturated heterocycles. The highest BCUT2D eigenvalue weighted by Gasteiger charge is 2.30. The molecule has 0 aromatic heterocycles. The van der Waals surface area contributed by atoms with E-state index in [4.69, 9.17) is 33.7 Å². The highest BCUT2D eigenvalue weighted by atomic mass is 35.5. The van der Waals surface area contributed by atoms with Crippen LogP contribution in [0, 0.1) is 0 Å². The number of hydrogen-bond acceptors (Lipinski definition) is 4. The Labute approximate surface area is 145 Å². The quantitative estimate of drug-likeness (QED) is 0.844. The molecular weight excluding hydrogens is 343 g/mol. The van der Waals surface area contributed by atoms with E-state index < -0.39 is 6.04 Å². The van der Waals surface area contributed by atoms with Gasteiger partial charge in [0.1, 0.15) is 11.9 Å². The van der Waals surface area contributed by atoms with Crippen LogP contribution in [-0.2, 0) is 4.79 Å². The summed E-state index contributed by atoms with van der Waals surface area (Å²) in [6.45, 7) is 1.24. The second kappa shape index (κ2) is 8.29. The molecule has 1 aromatic rings. The molecule has 1 heterocycles. The molecule has 2 rings (SSSR count). The Morgan fingerprint density at radius 1 is 1.50 bits per heavy atom. The fourth-order valence-electron chi connectivity index (χ4n) is 2.37. The number of carbonyl (C=O) groups excluding carboxylic acids is 1. The number of halogens is 2. The molecule has 4 nitrogen and oxygen atoms in total. The van der Waals surface area contributed by atoms with Gasteiger partial charge in [-0.2, -0.15) is 11.8 Å². The Morgan fingerprint density at radius 3 is 2.95 bits per heavy atom. The summed E-state index contributed by atoms with van der Waals surface area (Å²) in [5.74, 6) is 1.57. The van der Waals surface area contributed by atoms with Gasteiger partial charge >= 0.3 is 0 Å². The van der Waals surface area contributed by atoms with Crippen molar-refractivity contribution in [2.75, 3.05) is 25.1 Å². The van der Waals surface area contributed by atoms with E-state index in [-0.39, 0.29) is 12.0 Å². The summed E-state index contributed by atoms with van der Waals surface area (Å²) in [6, 6.07) is 4.76. The zero-order valence-corrected chi connectivity index (χ0v) is 14.8. The first kappa shape index (κ1) is 17.7. The van der Waals surface area contributed by atoms with Gasteiger partial charge in [-0.1, -0.05) is 23.2 Å². The normalized spacial score (nSPS) is 19.3. The summed E-state index contributed by atoms with van der Waals surface area (Å²) in [6.07, 6.45) is 3.47. The monoisotopic (exact) mass is 362 g/mol. The van der Waals surface area contributed by atoms with E-state index >= 15 is 0 Å². The summed E-state index contributed by atoms with van der Waals surface area (Å²) < 4.78 is 5.87. The average Bonchev–Trinajstić information content (AvgIpc) is 2.96. The van der Waals surface area contributed by atoms with Crippen molar-refractivity contribution >= 4 is 40.9 Å². The number of nitrogens with zero attached hydrogens (tertiary/aromatic N) is 1. The molecule has 1 aromatic carbocycles. The average molecular weight is 363 g/mol. The Hall–Kier alpha value is -0.620. The van der Waals surface area contributed by atoms with E-state index in [2.05, 4.69) is 0 Å². The third-order valence-electron chi connectivity index (χ3n) is 3.60. The van der Waals surface area contributed by atoms with Crippen LogP contribution >= 0.6 is 35.0 Å². The first-order valence-electron chi connectivity index (χ1n) is 7.16. The van der Waals surface area contributed by atoms with Crippen LogP contribution in [0.5, 0.6) is 5.75 Å². The zero-order chi connectivity index (χ0) is 16.1. The smallest absolute Gasteiger partial charge is 0.239 e. The number of hydrogen-bond donors (Lipinski definition) is 1. The molecule has 2 N–H and O–H groups in total. The van der Waals surface area contributed by atoms with Gasteiger partial charge in [0.2, 0.25) is 5.91 Å². The largest absolute Gasteiger partial charge is 0.488 e. The number of amides is 1. The van der Waals surface area contributed by atoms with Gasteiger partial charge in [0.25, 0.3) is 0 Å². The molecule has 1 amide bonds. The SMILES string of the molecule is CSCC[C@H](N)C(=O)N1CCC(Oc2ccc(Cl)c(Cl)c2)C1. The lowest BCUT2D eigenvalue weighted by Crippen LogP contribution is -2.43. The number of thioether (sulfide) groups is 1. The molecule has 122 valence electrons. The molecule has 0 saturated carbocycles. The van der Waals surface area contributed by atoms with Gasteiger partial charge in [0.05, 0.1) is 22.6 Å². The maximum atomic E-state index is 12.2. The number of carbonyl (C=O) groups is 1. The summed E-state index contributed by atoms with van der Waals surface area (Å²) >= 11 is 13.6. The van der Waals surface area contributed by atoms with Gasteiger partial charge in [-0.05, 0) is 30.6 Å². The van der Waals surface area contributed by atoms with Crippen LogP contribution in [0.25, 0.3) is 0 Å². The fourth-order valence-corrected chi connectivity index (χ4v) is 3.15. The van der Waals surface area contributed by atoms with Crippen molar-refractivity contribution in [3.05, 3.63) is 28.2 Å². The molecule has 1 aliphatic rings. The maximum absolute atomic E-state index is 12.2.